The summed E-state index contributed by atoms with van der Waals surface area (Å²) in [6.07, 6.45) is 8.00. The number of carbonyl (C=O) groups is 1. The zero-order chi connectivity index (χ0) is 15.5. The fourth-order valence-corrected chi connectivity index (χ4v) is 1.45. The molecule has 1 heterocycles. The molecule has 1 aromatic heterocycles. The van der Waals surface area contributed by atoms with Gasteiger partial charge >= 0.3 is 0 Å². The SMILES string of the molecule is CC(=O)/C=C(/C)O.[C-](=Cc1ccccn1)c1ccccc1.[Ir]. The molecule has 2 rings (SSSR count). The zero-order valence-electron chi connectivity index (χ0n) is 12.5. The van der Waals surface area contributed by atoms with Crippen LogP contribution in [-0.2, 0) is 24.9 Å². The van der Waals surface area contributed by atoms with E-state index < -0.39 is 0 Å². The Bertz CT molecular complexity index is 562. The maximum atomic E-state index is 10.0. The van der Waals surface area contributed by atoms with E-state index in [9.17, 15) is 4.79 Å². The Kier molecular flexibility index (Phi) is 10.5. The van der Waals surface area contributed by atoms with Crippen LogP contribution in [0, 0.1) is 6.08 Å². The first-order chi connectivity index (χ1) is 10.1. The first-order valence-electron chi connectivity index (χ1n) is 6.51. The number of aliphatic hydroxyl groups excluding tert-OH is 1. The van der Waals surface area contributed by atoms with Crippen molar-refractivity contribution in [2.75, 3.05) is 0 Å². The van der Waals surface area contributed by atoms with Crippen molar-refractivity contribution in [3.05, 3.63) is 83.9 Å². The molecule has 1 N–H and O–H groups in total. The summed E-state index contributed by atoms with van der Waals surface area (Å²) in [7, 11) is 0. The van der Waals surface area contributed by atoms with Gasteiger partial charge in [-0.15, -0.1) is 42.0 Å². The zero-order valence-corrected chi connectivity index (χ0v) is 14.9. The predicted octanol–water partition coefficient (Wildman–Crippen LogP) is 3.98. The van der Waals surface area contributed by atoms with Crippen LogP contribution in [0.5, 0.6) is 0 Å². The molecule has 0 aliphatic heterocycles. The molecule has 2 aromatic rings. The summed E-state index contributed by atoms with van der Waals surface area (Å²) in [6, 6.07) is 15.8. The van der Waals surface area contributed by atoms with Crippen LogP contribution < -0.4 is 0 Å². The van der Waals surface area contributed by atoms with Crippen LogP contribution in [0.1, 0.15) is 25.1 Å². The summed E-state index contributed by atoms with van der Waals surface area (Å²) in [5.41, 5.74) is 1.99. The van der Waals surface area contributed by atoms with Crippen molar-refractivity contribution >= 4 is 11.9 Å². The molecule has 22 heavy (non-hydrogen) atoms. The van der Waals surface area contributed by atoms with Crippen LogP contribution in [0.4, 0.5) is 0 Å². The van der Waals surface area contributed by atoms with E-state index in [-0.39, 0.29) is 31.6 Å². The molecule has 0 saturated heterocycles. The van der Waals surface area contributed by atoms with Crippen LogP contribution in [0.2, 0.25) is 0 Å². The molecule has 0 spiro atoms. The number of aliphatic hydroxyl groups is 1. The third-order valence-electron chi connectivity index (χ3n) is 2.26. The third-order valence-corrected chi connectivity index (χ3v) is 2.26. The van der Waals surface area contributed by atoms with Crippen molar-refractivity contribution in [2.45, 2.75) is 13.8 Å². The Hall–Kier alpha value is -2.03. The molecule has 1 aromatic carbocycles. The van der Waals surface area contributed by atoms with Crippen molar-refractivity contribution in [1.29, 1.82) is 0 Å². The second kappa shape index (κ2) is 11.6. The van der Waals surface area contributed by atoms with E-state index in [0.717, 1.165) is 11.3 Å². The standard InChI is InChI=1S/C13H10N.C5H8O2.Ir/c1-2-6-12(7-3-1)9-10-13-8-4-5-11-14-13;1-4(6)3-5(2)7;/h1-8,10-11H;3,6H,1-2H3;/q-1;;/b;4-3-;. The average molecular weight is 473 g/mol. The molecule has 0 atom stereocenters. The second-order valence-electron chi connectivity index (χ2n) is 4.31. The molecule has 0 aliphatic carbocycles. The van der Waals surface area contributed by atoms with E-state index in [0.29, 0.717) is 0 Å². The molecule has 0 amide bonds. The van der Waals surface area contributed by atoms with E-state index in [4.69, 9.17) is 5.11 Å². The smallest absolute Gasteiger partial charge is 0.155 e. The molecular weight excluding hydrogens is 454 g/mol. The van der Waals surface area contributed by atoms with Gasteiger partial charge in [0.25, 0.3) is 0 Å². The summed E-state index contributed by atoms with van der Waals surface area (Å²) in [4.78, 5) is 14.2. The van der Waals surface area contributed by atoms with Gasteiger partial charge in [-0.25, -0.2) is 0 Å². The average Bonchev–Trinajstić information content (AvgIpc) is 2.46. The summed E-state index contributed by atoms with van der Waals surface area (Å²) in [5.74, 6) is -0.0625. The minimum atomic E-state index is -0.125. The van der Waals surface area contributed by atoms with Gasteiger partial charge in [0, 0.05) is 32.4 Å². The number of pyridine rings is 1. The van der Waals surface area contributed by atoms with Gasteiger partial charge in [-0.2, -0.15) is 0 Å². The van der Waals surface area contributed by atoms with Gasteiger partial charge in [0.05, 0.1) is 5.76 Å². The minimum absolute atomic E-state index is 0. The fraction of sp³-hybridized carbons (Fsp3) is 0.111. The normalized spacial score (nSPS) is 10.4. The van der Waals surface area contributed by atoms with Crippen molar-refractivity contribution in [3.8, 4) is 0 Å². The molecule has 0 fully saturated rings. The minimum Gasteiger partial charge on any atom is -0.512 e. The Balaban J connectivity index is 0.000000478. The third kappa shape index (κ3) is 9.81. The maximum absolute atomic E-state index is 10.0. The summed E-state index contributed by atoms with van der Waals surface area (Å²) >= 11 is 0. The second-order valence-corrected chi connectivity index (χ2v) is 4.31. The van der Waals surface area contributed by atoms with Crippen molar-refractivity contribution in [3.63, 3.8) is 0 Å². The van der Waals surface area contributed by atoms with E-state index in [1.54, 1.807) is 6.20 Å². The predicted molar refractivity (Wildman–Crippen MR) is 84.6 cm³/mol. The number of nitrogens with zero attached hydrogens (tertiary/aromatic N) is 1. The van der Waals surface area contributed by atoms with Crippen molar-refractivity contribution < 1.29 is 30.0 Å². The molecule has 0 aliphatic rings. The van der Waals surface area contributed by atoms with Gasteiger partial charge in [-0.3, -0.25) is 4.79 Å². The Morgan fingerprint density at radius 3 is 2.18 bits per heavy atom. The molecule has 0 bridgehead atoms. The summed E-state index contributed by atoms with van der Waals surface area (Å²) < 4.78 is 0. The first-order valence-corrected chi connectivity index (χ1v) is 6.51. The number of hydrogen-bond donors (Lipinski definition) is 1. The quantitative estimate of drug-likeness (QED) is 0.418. The largest absolute Gasteiger partial charge is 0.512 e. The molecule has 1 radical (unpaired) electrons. The number of benzene rings is 1. The van der Waals surface area contributed by atoms with Crippen LogP contribution in [0.15, 0.2) is 66.6 Å². The topological polar surface area (TPSA) is 50.2 Å². The van der Waals surface area contributed by atoms with Crippen LogP contribution in [0.3, 0.4) is 0 Å². The number of aromatic nitrogens is 1. The van der Waals surface area contributed by atoms with Crippen LogP contribution in [0.25, 0.3) is 6.08 Å². The Morgan fingerprint density at radius 2 is 1.73 bits per heavy atom. The molecule has 117 valence electrons. The number of carbonyl (C=O) groups excluding carboxylic acids is 1. The van der Waals surface area contributed by atoms with Crippen molar-refractivity contribution in [1.82, 2.24) is 4.98 Å². The fourth-order valence-electron chi connectivity index (χ4n) is 1.45. The molecule has 3 nitrogen and oxygen atoms in total. The van der Waals surface area contributed by atoms with Crippen LogP contribution >= 0.6 is 0 Å². The molecular formula is C18H18IrNO2-. The maximum Gasteiger partial charge on any atom is 0.155 e. The van der Waals surface area contributed by atoms with E-state index in [1.165, 1.54) is 19.9 Å². The van der Waals surface area contributed by atoms with Gasteiger partial charge in [0.2, 0.25) is 0 Å². The van der Waals surface area contributed by atoms with Crippen LogP contribution in [-0.4, -0.2) is 15.9 Å². The van der Waals surface area contributed by atoms with Gasteiger partial charge in [0.15, 0.2) is 5.78 Å². The van der Waals surface area contributed by atoms with Gasteiger partial charge < -0.3 is 10.1 Å². The van der Waals surface area contributed by atoms with Gasteiger partial charge in [-0.1, -0.05) is 18.2 Å². The van der Waals surface area contributed by atoms with Gasteiger partial charge in [0.1, 0.15) is 0 Å². The van der Waals surface area contributed by atoms with E-state index in [1.807, 2.05) is 54.6 Å². The van der Waals surface area contributed by atoms with Crippen molar-refractivity contribution in [2.24, 2.45) is 0 Å². The summed E-state index contributed by atoms with van der Waals surface area (Å²) in [6.45, 7) is 2.85. The van der Waals surface area contributed by atoms with E-state index >= 15 is 0 Å². The Morgan fingerprint density at radius 1 is 1.09 bits per heavy atom. The molecule has 0 unspecified atom stereocenters. The Labute approximate surface area is 144 Å². The number of ketones is 1. The number of allylic oxidation sites excluding steroid dienone is 2. The van der Waals surface area contributed by atoms with E-state index in [2.05, 4.69) is 11.1 Å². The molecule has 4 heteroatoms. The number of rotatable bonds is 3. The number of hydrogen-bond acceptors (Lipinski definition) is 3. The molecule has 0 saturated carbocycles. The first kappa shape index (κ1) is 20.0. The monoisotopic (exact) mass is 473 g/mol. The van der Waals surface area contributed by atoms with Gasteiger partial charge in [-0.05, 0) is 25.6 Å². The summed E-state index contributed by atoms with van der Waals surface area (Å²) in [5, 5.41) is 8.36.